The highest BCUT2D eigenvalue weighted by Gasteiger charge is 2.23. The van der Waals surface area contributed by atoms with E-state index in [4.69, 9.17) is 14.2 Å². The van der Waals surface area contributed by atoms with Crippen molar-refractivity contribution in [2.24, 2.45) is 0 Å². The van der Waals surface area contributed by atoms with Crippen LogP contribution in [0.25, 0.3) is 0 Å². The summed E-state index contributed by atoms with van der Waals surface area (Å²) >= 11 is 0. The van der Waals surface area contributed by atoms with Gasteiger partial charge in [-0.3, -0.25) is 9.69 Å². The number of nitrogens with zero attached hydrogens (tertiary/aromatic N) is 2. The number of para-hydroxylation sites is 1. The minimum absolute atomic E-state index is 0.0733. The molecular formula is C27H30N2O4. The lowest BCUT2D eigenvalue weighted by atomic mass is 10.1. The Morgan fingerprint density at radius 3 is 2.21 bits per heavy atom. The Morgan fingerprint density at radius 2 is 1.55 bits per heavy atom. The molecule has 6 nitrogen and oxygen atoms in total. The number of carbonyl (C=O) groups excluding carboxylic acids is 1. The van der Waals surface area contributed by atoms with E-state index in [-0.39, 0.29) is 5.91 Å². The van der Waals surface area contributed by atoms with Gasteiger partial charge in [0.05, 0.1) is 14.2 Å². The Labute approximate surface area is 195 Å². The summed E-state index contributed by atoms with van der Waals surface area (Å²) in [6.45, 7) is 4.27. The van der Waals surface area contributed by atoms with Crippen molar-refractivity contribution in [2.45, 2.75) is 13.2 Å². The molecule has 0 unspecified atom stereocenters. The fourth-order valence-electron chi connectivity index (χ4n) is 3.96. The number of piperazine rings is 1. The average molecular weight is 447 g/mol. The van der Waals surface area contributed by atoms with E-state index in [9.17, 15) is 4.79 Å². The topological polar surface area (TPSA) is 51.2 Å². The average Bonchev–Trinajstić information content (AvgIpc) is 2.88. The zero-order chi connectivity index (χ0) is 23.0. The molecule has 0 atom stereocenters. The number of ether oxygens (including phenoxy) is 3. The number of methoxy groups -OCH3 is 2. The Balaban J connectivity index is 1.29. The number of carbonyl (C=O) groups is 1. The molecule has 6 heteroatoms. The van der Waals surface area contributed by atoms with Crippen LogP contribution in [-0.4, -0.2) is 56.1 Å². The molecule has 0 aliphatic carbocycles. The molecule has 1 amide bonds. The van der Waals surface area contributed by atoms with Crippen molar-refractivity contribution in [3.8, 4) is 17.2 Å². The van der Waals surface area contributed by atoms with Gasteiger partial charge in [0, 0.05) is 43.9 Å². The van der Waals surface area contributed by atoms with E-state index < -0.39 is 0 Å². The summed E-state index contributed by atoms with van der Waals surface area (Å²) in [7, 11) is 3.35. The van der Waals surface area contributed by atoms with Gasteiger partial charge in [-0.05, 0) is 48.0 Å². The summed E-state index contributed by atoms with van der Waals surface area (Å²) in [4.78, 5) is 17.2. The van der Waals surface area contributed by atoms with E-state index in [1.165, 1.54) is 0 Å². The molecule has 0 N–H and O–H groups in total. The third-order valence-electron chi connectivity index (χ3n) is 5.89. The molecule has 3 aromatic rings. The van der Waals surface area contributed by atoms with Gasteiger partial charge in [0.1, 0.15) is 23.9 Å². The van der Waals surface area contributed by atoms with Gasteiger partial charge >= 0.3 is 0 Å². The van der Waals surface area contributed by atoms with Gasteiger partial charge in [-0.1, -0.05) is 30.3 Å². The van der Waals surface area contributed by atoms with Crippen molar-refractivity contribution < 1.29 is 19.0 Å². The fourth-order valence-corrected chi connectivity index (χ4v) is 3.96. The maximum Gasteiger partial charge on any atom is 0.253 e. The maximum atomic E-state index is 13.0. The molecule has 33 heavy (non-hydrogen) atoms. The largest absolute Gasteiger partial charge is 0.497 e. The summed E-state index contributed by atoms with van der Waals surface area (Å²) in [5.41, 5.74) is 2.83. The third-order valence-corrected chi connectivity index (χ3v) is 5.89. The first-order valence-electron chi connectivity index (χ1n) is 11.2. The Bertz CT molecular complexity index is 1050. The minimum Gasteiger partial charge on any atom is -0.497 e. The molecule has 1 aliphatic rings. The van der Waals surface area contributed by atoms with Gasteiger partial charge in [-0.2, -0.15) is 0 Å². The van der Waals surface area contributed by atoms with E-state index >= 15 is 0 Å². The molecule has 4 rings (SSSR count). The molecule has 1 aliphatic heterocycles. The van der Waals surface area contributed by atoms with E-state index in [1.807, 2.05) is 77.7 Å². The highest BCUT2D eigenvalue weighted by atomic mass is 16.5. The standard InChI is InChI=1S/C27H30N2O4/c1-31-25-12-13-26(32-2)23(18-25)19-28-14-16-29(17-15-28)27(30)22-10-8-21(9-11-22)20-33-24-6-4-3-5-7-24/h3-13,18H,14-17,19-20H2,1-2H3. The summed E-state index contributed by atoms with van der Waals surface area (Å²) < 4.78 is 16.6. The normalized spacial score (nSPS) is 14.1. The summed E-state index contributed by atoms with van der Waals surface area (Å²) in [6.07, 6.45) is 0. The maximum absolute atomic E-state index is 13.0. The van der Waals surface area contributed by atoms with Crippen LogP contribution in [0.4, 0.5) is 0 Å². The first kappa shape index (κ1) is 22.7. The van der Waals surface area contributed by atoms with E-state index in [0.29, 0.717) is 25.3 Å². The van der Waals surface area contributed by atoms with Crippen molar-refractivity contribution in [3.63, 3.8) is 0 Å². The predicted molar refractivity (Wildman–Crippen MR) is 128 cm³/mol. The Hall–Kier alpha value is -3.51. The lowest BCUT2D eigenvalue weighted by Crippen LogP contribution is -2.48. The Morgan fingerprint density at radius 1 is 0.818 bits per heavy atom. The van der Waals surface area contributed by atoms with Crippen molar-refractivity contribution in [3.05, 3.63) is 89.5 Å². The van der Waals surface area contributed by atoms with Crippen LogP contribution < -0.4 is 14.2 Å². The number of hydrogen-bond donors (Lipinski definition) is 0. The zero-order valence-electron chi connectivity index (χ0n) is 19.2. The summed E-state index contributed by atoms with van der Waals surface area (Å²) in [6, 6.07) is 23.3. The SMILES string of the molecule is COc1ccc(OC)c(CN2CCN(C(=O)c3ccc(COc4ccccc4)cc3)CC2)c1. The van der Waals surface area contributed by atoms with Gasteiger partial charge in [0.25, 0.3) is 5.91 Å². The minimum atomic E-state index is 0.0733. The molecule has 0 bridgehead atoms. The number of hydrogen-bond acceptors (Lipinski definition) is 5. The second-order valence-electron chi connectivity index (χ2n) is 8.04. The van der Waals surface area contributed by atoms with Crippen molar-refractivity contribution >= 4 is 5.91 Å². The first-order chi connectivity index (χ1) is 16.2. The summed E-state index contributed by atoms with van der Waals surface area (Å²) in [5.74, 6) is 2.58. The van der Waals surface area contributed by atoms with Crippen LogP contribution in [0, 0.1) is 0 Å². The van der Waals surface area contributed by atoms with Gasteiger partial charge in [0.2, 0.25) is 0 Å². The predicted octanol–water partition coefficient (Wildman–Crippen LogP) is 4.24. The molecular weight excluding hydrogens is 416 g/mol. The quantitative estimate of drug-likeness (QED) is 0.518. The van der Waals surface area contributed by atoms with Gasteiger partial charge in [0.15, 0.2) is 0 Å². The summed E-state index contributed by atoms with van der Waals surface area (Å²) in [5, 5.41) is 0. The first-order valence-corrected chi connectivity index (χ1v) is 11.2. The van der Waals surface area contributed by atoms with Gasteiger partial charge in [-0.15, -0.1) is 0 Å². The lowest BCUT2D eigenvalue weighted by molar-refractivity contribution is 0.0627. The molecule has 0 spiro atoms. The molecule has 1 heterocycles. The Kier molecular flexibility index (Phi) is 7.47. The monoisotopic (exact) mass is 446 g/mol. The fraction of sp³-hybridized carbons (Fsp3) is 0.296. The van der Waals surface area contributed by atoms with Gasteiger partial charge in [-0.25, -0.2) is 0 Å². The van der Waals surface area contributed by atoms with Crippen molar-refractivity contribution in [1.82, 2.24) is 9.80 Å². The number of amides is 1. The van der Waals surface area contributed by atoms with E-state index in [2.05, 4.69) is 4.90 Å². The molecule has 172 valence electrons. The number of benzene rings is 3. The molecule has 0 radical (unpaired) electrons. The van der Waals surface area contributed by atoms with Crippen LogP contribution in [0.5, 0.6) is 17.2 Å². The zero-order valence-corrected chi connectivity index (χ0v) is 19.2. The molecule has 0 saturated carbocycles. The van der Waals surface area contributed by atoms with Crippen LogP contribution in [-0.2, 0) is 13.2 Å². The molecule has 0 aromatic heterocycles. The van der Waals surface area contributed by atoms with E-state index in [0.717, 1.165) is 48.0 Å². The third kappa shape index (κ3) is 5.84. The highest BCUT2D eigenvalue weighted by Crippen LogP contribution is 2.26. The lowest BCUT2D eigenvalue weighted by Gasteiger charge is -2.35. The van der Waals surface area contributed by atoms with Crippen molar-refractivity contribution in [1.29, 1.82) is 0 Å². The second-order valence-corrected chi connectivity index (χ2v) is 8.04. The number of rotatable bonds is 8. The molecule has 1 saturated heterocycles. The highest BCUT2D eigenvalue weighted by molar-refractivity contribution is 5.94. The van der Waals surface area contributed by atoms with Crippen LogP contribution in [0.3, 0.4) is 0 Å². The van der Waals surface area contributed by atoms with Crippen molar-refractivity contribution in [2.75, 3.05) is 40.4 Å². The van der Waals surface area contributed by atoms with E-state index in [1.54, 1.807) is 14.2 Å². The molecule has 1 fully saturated rings. The van der Waals surface area contributed by atoms with Crippen LogP contribution in [0.2, 0.25) is 0 Å². The van der Waals surface area contributed by atoms with Crippen LogP contribution >= 0.6 is 0 Å². The van der Waals surface area contributed by atoms with Gasteiger partial charge < -0.3 is 19.1 Å². The second kappa shape index (κ2) is 10.9. The van der Waals surface area contributed by atoms with Crippen LogP contribution in [0.15, 0.2) is 72.8 Å². The smallest absolute Gasteiger partial charge is 0.253 e. The molecule has 3 aromatic carbocycles. The van der Waals surface area contributed by atoms with Crippen LogP contribution in [0.1, 0.15) is 21.5 Å².